The molecule has 1 fully saturated rings. The van der Waals surface area contributed by atoms with Crippen LogP contribution in [0.5, 0.6) is 0 Å². The first-order valence-corrected chi connectivity index (χ1v) is 14.0. The third-order valence-corrected chi connectivity index (χ3v) is 9.96. The number of hydrogen-bond donors (Lipinski definition) is 1. The Bertz CT molecular complexity index is 1520. The molecule has 3 amide bonds. The van der Waals surface area contributed by atoms with E-state index in [0.29, 0.717) is 28.3 Å². The Kier molecular flexibility index (Phi) is 6.31. The molecule has 0 aromatic heterocycles. The number of benzene rings is 3. The number of carbonyl (C=O) groups excluding carboxylic acids is 3. The zero-order valence-corrected chi connectivity index (χ0v) is 23.9. The van der Waals surface area contributed by atoms with E-state index in [0.717, 1.165) is 17.0 Å². The molecule has 3 aliphatic carbocycles. The van der Waals surface area contributed by atoms with Crippen LogP contribution in [0.3, 0.4) is 0 Å². The second-order valence-corrected chi connectivity index (χ2v) is 12.5. The van der Waals surface area contributed by atoms with Crippen molar-refractivity contribution in [3.63, 3.8) is 0 Å². The van der Waals surface area contributed by atoms with Gasteiger partial charge in [0.05, 0.1) is 28.1 Å². The first-order chi connectivity index (χ1) is 19.2. The number of amides is 3. The lowest BCUT2D eigenvalue weighted by molar-refractivity contribution is -0.148. The lowest BCUT2D eigenvalue weighted by Gasteiger charge is -2.54. The van der Waals surface area contributed by atoms with Gasteiger partial charge in [-0.2, -0.15) is 13.2 Å². The molecule has 1 aliphatic heterocycles. The molecule has 0 saturated carbocycles. The summed E-state index contributed by atoms with van der Waals surface area (Å²) in [5, 5.41) is 2.28. The summed E-state index contributed by atoms with van der Waals surface area (Å²) < 4.78 is 40.0. The summed E-state index contributed by atoms with van der Waals surface area (Å²) in [4.78, 5) is 40.2. The summed E-state index contributed by atoms with van der Waals surface area (Å²) in [5.74, 6) is -5.07. The van der Waals surface area contributed by atoms with Gasteiger partial charge in [0, 0.05) is 0 Å². The van der Waals surface area contributed by atoms with Gasteiger partial charge in [-0.05, 0) is 46.4 Å². The van der Waals surface area contributed by atoms with E-state index >= 15 is 0 Å². The van der Waals surface area contributed by atoms with Crippen LogP contribution < -0.4 is 5.32 Å². The average Bonchev–Trinajstić information content (AvgIpc) is 3.19. The van der Waals surface area contributed by atoms with E-state index in [1.807, 2.05) is 0 Å². The predicted molar refractivity (Wildman–Crippen MR) is 149 cm³/mol. The van der Waals surface area contributed by atoms with Gasteiger partial charge in [0.1, 0.15) is 15.8 Å². The molecule has 41 heavy (non-hydrogen) atoms. The summed E-state index contributed by atoms with van der Waals surface area (Å²) >= 11 is 21.0. The molecular formula is C30H22Cl3F3N2O3. The van der Waals surface area contributed by atoms with Gasteiger partial charge in [-0.3, -0.25) is 19.3 Å². The predicted octanol–water partition coefficient (Wildman–Crippen LogP) is 6.92. The molecule has 0 unspecified atom stereocenters. The van der Waals surface area contributed by atoms with Crippen molar-refractivity contribution in [2.24, 2.45) is 17.8 Å². The molecule has 0 radical (unpaired) electrons. The molecule has 5 nitrogen and oxygen atoms in total. The molecule has 3 atom stereocenters. The van der Waals surface area contributed by atoms with Crippen LogP contribution in [-0.4, -0.2) is 28.7 Å². The monoisotopic (exact) mass is 620 g/mol. The highest BCUT2D eigenvalue weighted by atomic mass is 35.5. The van der Waals surface area contributed by atoms with E-state index < -0.39 is 63.0 Å². The van der Waals surface area contributed by atoms with Gasteiger partial charge < -0.3 is 5.32 Å². The van der Waals surface area contributed by atoms with Crippen LogP contribution in [0.15, 0.2) is 66.7 Å². The lowest BCUT2D eigenvalue weighted by atomic mass is 9.54. The zero-order valence-electron chi connectivity index (χ0n) is 21.6. The molecule has 1 saturated heterocycles. The molecule has 7 rings (SSSR count). The SMILES string of the molecule is CC(C)[C@@H](C(=O)Nc1cc(C(F)(F)F)ccc1Cl)N1C(=O)[C@H]2[C@H](C1=O)C1(Cl)c3ccccc3C2(Cl)c2ccccc21. The number of carbonyl (C=O) groups is 3. The second-order valence-electron chi connectivity index (χ2n) is 10.9. The number of halogens is 6. The Morgan fingerprint density at radius 1 is 0.854 bits per heavy atom. The molecule has 2 bridgehead atoms. The van der Waals surface area contributed by atoms with E-state index in [9.17, 15) is 27.6 Å². The molecule has 4 aliphatic rings. The highest BCUT2D eigenvalue weighted by molar-refractivity contribution is 6.36. The van der Waals surface area contributed by atoms with Crippen molar-refractivity contribution in [1.29, 1.82) is 0 Å². The van der Waals surface area contributed by atoms with Crippen molar-refractivity contribution in [2.45, 2.75) is 35.8 Å². The van der Waals surface area contributed by atoms with Crippen LogP contribution in [0.1, 0.15) is 41.7 Å². The second kappa shape index (κ2) is 9.21. The molecule has 0 spiro atoms. The third-order valence-electron chi connectivity index (χ3n) is 8.35. The van der Waals surface area contributed by atoms with Crippen LogP contribution in [0, 0.1) is 17.8 Å². The highest BCUT2D eigenvalue weighted by Crippen LogP contribution is 2.69. The summed E-state index contributed by atoms with van der Waals surface area (Å²) in [5.41, 5.74) is 1.14. The van der Waals surface area contributed by atoms with Gasteiger partial charge in [0.15, 0.2) is 0 Å². The molecule has 1 heterocycles. The van der Waals surface area contributed by atoms with E-state index in [1.165, 1.54) is 0 Å². The maximum atomic E-state index is 14.3. The van der Waals surface area contributed by atoms with Crippen molar-refractivity contribution < 1.29 is 27.6 Å². The van der Waals surface area contributed by atoms with Gasteiger partial charge in [-0.1, -0.05) is 74.0 Å². The fourth-order valence-electron chi connectivity index (χ4n) is 6.69. The standard InChI is InChI=1S/C30H22Cl3F3N2O3/c1-14(2)24(25(39)37-21-13-15(30(34,35)36)11-12-20(21)31)38-26(40)22-23(27(38)41)29(33)17-8-4-3-7-16(17)28(22,32)18-9-5-6-10-19(18)29/h3-14,22-24H,1-2H3,(H,37,39)/t22-,23-,24+,28?,29?/m1/s1. The van der Waals surface area contributed by atoms with E-state index in [-0.39, 0.29) is 10.7 Å². The highest BCUT2D eigenvalue weighted by Gasteiger charge is 2.73. The normalized spacial score (nSPS) is 27.0. The molecule has 3 aromatic carbocycles. The number of rotatable bonds is 4. The first kappa shape index (κ1) is 28.1. The van der Waals surface area contributed by atoms with Crippen LogP contribution in [0.2, 0.25) is 5.02 Å². The Balaban J connectivity index is 1.45. The molecule has 212 valence electrons. The molecule has 3 aromatic rings. The molecule has 11 heteroatoms. The maximum absolute atomic E-state index is 14.3. The number of hydrogen-bond acceptors (Lipinski definition) is 3. The minimum Gasteiger partial charge on any atom is -0.323 e. The van der Waals surface area contributed by atoms with Gasteiger partial charge >= 0.3 is 6.18 Å². The number of likely N-dealkylation sites (tertiary alicyclic amines) is 1. The van der Waals surface area contributed by atoms with Crippen LogP contribution >= 0.6 is 34.8 Å². The quantitative estimate of drug-likeness (QED) is 0.254. The largest absolute Gasteiger partial charge is 0.416 e. The van der Waals surface area contributed by atoms with Crippen LogP contribution in [0.25, 0.3) is 0 Å². The molecular weight excluding hydrogens is 600 g/mol. The average molecular weight is 622 g/mol. The molecule has 1 N–H and O–H groups in total. The summed E-state index contributed by atoms with van der Waals surface area (Å²) in [6.45, 7) is 3.26. The van der Waals surface area contributed by atoms with E-state index in [1.54, 1.807) is 62.4 Å². The smallest absolute Gasteiger partial charge is 0.323 e. The van der Waals surface area contributed by atoms with E-state index in [2.05, 4.69) is 5.32 Å². The third kappa shape index (κ3) is 3.73. The first-order valence-electron chi connectivity index (χ1n) is 12.9. The fraction of sp³-hybridized carbons (Fsp3) is 0.300. The number of alkyl halides is 5. The Labute approximate surface area is 248 Å². The van der Waals surface area contributed by atoms with Crippen molar-refractivity contribution in [2.75, 3.05) is 5.32 Å². The van der Waals surface area contributed by atoms with Crippen molar-refractivity contribution >= 4 is 58.2 Å². The summed E-state index contributed by atoms with van der Waals surface area (Å²) in [6, 6.07) is 15.4. The Morgan fingerprint density at radius 3 is 1.68 bits per heavy atom. The lowest BCUT2D eigenvalue weighted by Crippen LogP contribution is -2.57. The van der Waals surface area contributed by atoms with Crippen molar-refractivity contribution in [1.82, 2.24) is 4.90 Å². The van der Waals surface area contributed by atoms with E-state index in [4.69, 9.17) is 34.8 Å². The van der Waals surface area contributed by atoms with Crippen molar-refractivity contribution in [3.05, 3.63) is 99.6 Å². The van der Waals surface area contributed by atoms with Crippen LogP contribution in [0.4, 0.5) is 18.9 Å². The Morgan fingerprint density at radius 2 is 1.29 bits per heavy atom. The van der Waals surface area contributed by atoms with Gasteiger partial charge in [0.2, 0.25) is 17.7 Å². The number of imide groups is 1. The number of nitrogens with zero attached hydrogens (tertiary/aromatic N) is 1. The number of anilines is 1. The Hall–Kier alpha value is -3.07. The van der Waals surface area contributed by atoms with Gasteiger partial charge in [-0.15, -0.1) is 23.2 Å². The summed E-state index contributed by atoms with van der Waals surface area (Å²) in [7, 11) is 0. The fourth-order valence-corrected chi connectivity index (χ4v) is 7.95. The van der Waals surface area contributed by atoms with Crippen molar-refractivity contribution in [3.8, 4) is 0 Å². The van der Waals surface area contributed by atoms with Gasteiger partial charge in [-0.25, -0.2) is 0 Å². The zero-order chi connectivity index (χ0) is 29.6. The van der Waals surface area contributed by atoms with Gasteiger partial charge in [0.25, 0.3) is 0 Å². The minimum absolute atomic E-state index is 0.134. The maximum Gasteiger partial charge on any atom is 0.416 e. The minimum atomic E-state index is -4.68. The number of nitrogens with one attached hydrogen (secondary N) is 1. The summed E-state index contributed by atoms with van der Waals surface area (Å²) in [6.07, 6.45) is -4.68. The topological polar surface area (TPSA) is 66.5 Å². The van der Waals surface area contributed by atoms with Crippen LogP contribution in [-0.2, 0) is 30.3 Å².